The first-order chi connectivity index (χ1) is 14.0. The van der Waals surface area contributed by atoms with Crippen LogP contribution in [-0.4, -0.2) is 43.2 Å². The van der Waals surface area contributed by atoms with E-state index in [2.05, 4.69) is 0 Å². The van der Waals surface area contributed by atoms with E-state index in [9.17, 15) is 13.6 Å². The summed E-state index contributed by atoms with van der Waals surface area (Å²) in [6.45, 7) is 5.77. The molecule has 1 aliphatic heterocycles. The van der Waals surface area contributed by atoms with Crippen LogP contribution >= 0.6 is 0 Å². The molecule has 2 aromatic carbocycles. The van der Waals surface area contributed by atoms with Crippen molar-refractivity contribution in [2.45, 2.75) is 32.8 Å². The van der Waals surface area contributed by atoms with Crippen molar-refractivity contribution in [3.63, 3.8) is 0 Å². The van der Waals surface area contributed by atoms with Crippen LogP contribution in [0.3, 0.4) is 0 Å². The molecule has 1 fully saturated rings. The predicted molar refractivity (Wildman–Crippen MR) is 105 cm³/mol. The van der Waals surface area contributed by atoms with Crippen molar-refractivity contribution in [3.8, 4) is 17.2 Å². The third kappa shape index (κ3) is 5.37. The molecule has 0 radical (unpaired) electrons. The first kappa shape index (κ1) is 20.9. The minimum Gasteiger partial charge on any atom is -0.494 e. The second-order valence-electron chi connectivity index (χ2n) is 6.74. The van der Waals surface area contributed by atoms with Gasteiger partial charge in [0.25, 0.3) is 5.91 Å². The van der Waals surface area contributed by atoms with Crippen LogP contribution in [0.4, 0.5) is 8.78 Å². The number of carbonyl (C=O) groups is 1. The molecule has 0 N–H and O–H groups in total. The van der Waals surface area contributed by atoms with Gasteiger partial charge in [-0.05, 0) is 38.1 Å². The van der Waals surface area contributed by atoms with Crippen LogP contribution in [-0.2, 0) is 0 Å². The van der Waals surface area contributed by atoms with E-state index in [1.807, 2.05) is 13.8 Å². The Morgan fingerprint density at radius 3 is 2.10 bits per heavy atom. The summed E-state index contributed by atoms with van der Waals surface area (Å²) in [4.78, 5) is 14.7. The van der Waals surface area contributed by atoms with Crippen LogP contribution in [0.2, 0.25) is 0 Å². The Morgan fingerprint density at radius 1 is 0.931 bits per heavy atom. The van der Waals surface area contributed by atoms with Gasteiger partial charge < -0.3 is 19.1 Å². The van der Waals surface area contributed by atoms with Crippen LogP contribution < -0.4 is 14.2 Å². The SMILES string of the molecule is CCOc1cc(OCC)cc(C(=O)N2CCC(Oc3ccc(F)c(F)c3)CC2)c1. The van der Waals surface area contributed by atoms with Crippen molar-refractivity contribution < 1.29 is 27.8 Å². The molecular formula is C22H25F2NO4. The van der Waals surface area contributed by atoms with E-state index >= 15 is 0 Å². The number of likely N-dealkylation sites (tertiary alicyclic amines) is 1. The van der Waals surface area contributed by atoms with Crippen LogP contribution in [0, 0.1) is 11.6 Å². The smallest absolute Gasteiger partial charge is 0.254 e. The van der Waals surface area contributed by atoms with Gasteiger partial charge in [0, 0.05) is 43.6 Å². The maximum absolute atomic E-state index is 13.3. The van der Waals surface area contributed by atoms with Crippen molar-refractivity contribution in [3.05, 3.63) is 53.6 Å². The minimum absolute atomic E-state index is 0.0983. The van der Waals surface area contributed by atoms with Crippen LogP contribution in [0.1, 0.15) is 37.0 Å². The molecule has 0 atom stereocenters. The molecule has 5 nitrogen and oxygen atoms in total. The highest BCUT2D eigenvalue weighted by Gasteiger charge is 2.25. The molecule has 1 aliphatic rings. The number of hydrogen-bond acceptors (Lipinski definition) is 4. The van der Waals surface area contributed by atoms with Crippen LogP contribution in [0.25, 0.3) is 0 Å². The third-order valence-corrected chi connectivity index (χ3v) is 4.67. The van der Waals surface area contributed by atoms with Gasteiger partial charge >= 0.3 is 0 Å². The lowest BCUT2D eigenvalue weighted by Crippen LogP contribution is -2.41. The number of ether oxygens (including phenoxy) is 3. The average Bonchev–Trinajstić information content (AvgIpc) is 2.71. The highest BCUT2D eigenvalue weighted by Crippen LogP contribution is 2.26. The van der Waals surface area contributed by atoms with E-state index in [1.54, 1.807) is 23.1 Å². The fraction of sp³-hybridized carbons (Fsp3) is 0.409. The zero-order valence-corrected chi connectivity index (χ0v) is 16.6. The second kappa shape index (κ2) is 9.58. The number of halogens is 2. The van der Waals surface area contributed by atoms with Gasteiger partial charge in [-0.1, -0.05) is 0 Å². The fourth-order valence-corrected chi connectivity index (χ4v) is 3.30. The third-order valence-electron chi connectivity index (χ3n) is 4.67. The van der Waals surface area contributed by atoms with E-state index in [0.29, 0.717) is 62.0 Å². The molecule has 1 saturated heterocycles. The van der Waals surface area contributed by atoms with Gasteiger partial charge in [-0.15, -0.1) is 0 Å². The monoisotopic (exact) mass is 405 g/mol. The lowest BCUT2D eigenvalue weighted by atomic mass is 10.1. The van der Waals surface area contributed by atoms with Crippen LogP contribution in [0.15, 0.2) is 36.4 Å². The predicted octanol–water partition coefficient (Wildman–Crippen LogP) is 4.45. The molecule has 3 rings (SSSR count). The van der Waals surface area contributed by atoms with E-state index in [4.69, 9.17) is 14.2 Å². The maximum atomic E-state index is 13.3. The molecule has 0 saturated carbocycles. The number of hydrogen-bond donors (Lipinski definition) is 0. The summed E-state index contributed by atoms with van der Waals surface area (Å²) in [6, 6.07) is 8.71. The molecule has 0 spiro atoms. The lowest BCUT2D eigenvalue weighted by Gasteiger charge is -2.32. The number of amides is 1. The van der Waals surface area contributed by atoms with E-state index < -0.39 is 11.6 Å². The largest absolute Gasteiger partial charge is 0.494 e. The quantitative estimate of drug-likeness (QED) is 0.683. The Kier molecular flexibility index (Phi) is 6.90. The van der Waals surface area contributed by atoms with E-state index in [-0.39, 0.29) is 12.0 Å². The molecule has 29 heavy (non-hydrogen) atoms. The molecule has 156 valence electrons. The van der Waals surface area contributed by atoms with Crippen molar-refractivity contribution in [2.24, 2.45) is 0 Å². The summed E-state index contributed by atoms with van der Waals surface area (Å²) in [5, 5.41) is 0. The van der Waals surface area contributed by atoms with E-state index in [1.165, 1.54) is 6.07 Å². The normalized spacial score (nSPS) is 14.6. The van der Waals surface area contributed by atoms with Crippen molar-refractivity contribution in [1.82, 2.24) is 4.90 Å². The van der Waals surface area contributed by atoms with Gasteiger partial charge in [0.1, 0.15) is 23.4 Å². The standard InChI is InChI=1S/C22H25F2NO4/c1-3-27-18-11-15(12-19(13-18)28-4-2)22(26)25-9-7-16(8-10-25)29-17-5-6-20(23)21(24)14-17/h5-6,11-14,16H,3-4,7-10H2,1-2H3. The number of nitrogens with zero attached hydrogens (tertiary/aromatic N) is 1. The highest BCUT2D eigenvalue weighted by atomic mass is 19.2. The molecule has 0 unspecified atom stereocenters. The lowest BCUT2D eigenvalue weighted by molar-refractivity contribution is 0.0594. The van der Waals surface area contributed by atoms with Gasteiger partial charge in [0.2, 0.25) is 0 Å². The van der Waals surface area contributed by atoms with Crippen molar-refractivity contribution in [1.29, 1.82) is 0 Å². The van der Waals surface area contributed by atoms with Crippen molar-refractivity contribution >= 4 is 5.91 Å². The zero-order valence-electron chi connectivity index (χ0n) is 16.6. The van der Waals surface area contributed by atoms with Gasteiger partial charge in [-0.2, -0.15) is 0 Å². The highest BCUT2D eigenvalue weighted by molar-refractivity contribution is 5.95. The number of rotatable bonds is 7. The summed E-state index contributed by atoms with van der Waals surface area (Å²) in [5.41, 5.74) is 0.513. The molecule has 1 amide bonds. The molecule has 7 heteroatoms. The first-order valence-electron chi connectivity index (χ1n) is 9.81. The van der Waals surface area contributed by atoms with Gasteiger partial charge in [0.05, 0.1) is 13.2 Å². The topological polar surface area (TPSA) is 48.0 Å². The van der Waals surface area contributed by atoms with Crippen molar-refractivity contribution in [2.75, 3.05) is 26.3 Å². The molecule has 1 heterocycles. The summed E-state index contributed by atoms with van der Waals surface area (Å²) < 4.78 is 43.2. The summed E-state index contributed by atoms with van der Waals surface area (Å²) in [6.07, 6.45) is 1.06. The average molecular weight is 405 g/mol. The summed E-state index contributed by atoms with van der Waals surface area (Å²) >= 11 is 0. The minimum atomic E-state index is -0.936. The summed E-state index contributed by atoms with van der Waals surface area (Å²) in [7, 11) is 0. The first-order valence-corrected chi connectivity index (χ1v) is 9.81. The molecule has 0 aliphatic carbocycles. The number of piperidine rings is 1. The van der Waals surface area contributed by atoms with Gasteiger partial charge in [-0.25, -0.2) is 8.78 Å². The molecule has 0 aromatic heterocycles. The maximum Gasteiger partial charge on any atom is 0.254 e. The van der Waals surface area contributed by atoms with Crippen LogP contribution in [0.5, 0.6) is 17.2 Å². The van der Waals surface area contributed by atoms with Gasteiger partial charge in [0.15, 0.2) is 11.6 Å². The van der Waals surface area contributed by atoms with Gasteiger partial charge in [-0.3, -0.25) is 4.79 Å². The summed E-state index contributed by atoms with van der Waals surface area (Å²) in [5.74, 6) is -0.456. The molecule has 2 aromatic rings. The Balaban J connectivity index is 1.62. The molecule has 0 bridgehead atoms. The molecular weight excluding hydrogens is 380 g/mol. The Bertz CT molecular complexity index is 826. The Labute approximate surface area is 169 Å². The number of benzene rings is 2. The fourth-order valence-electron chi connectivity index (χ4n) is 3.30. The Hall–Kier alpha value is -2.83. The zero-order chi connectivity index (χ0) is 20.8. The number of carbonyl (C=O) groups excluding carboxylic acids is 1. The Morgan fingerprint density at radius 2 is 1.55 bits per heavy atom. The second-order valence-corrected chi connectivity index (χ2v) is 6.74. The van der Waals surface area contributed by atoms with E-state index in [0.717, 1.165) is 12.1 Å².